The van der Waals surface area contributed by atoms with Crippen molar-refractivity contribution in [2.45, 2.75) is 20.1 Å². The van der Waals surface area contributed by atoms with Gasteiger partial charge in [0.15, 0.2) is 11.5 Å². The van der Waals surface area contributed by atoms with Crippen molar-refractivity contribution in [3.05, 3.63) is 63.6 Å². The summed E-state index contributed by atoms with van der Waals surface area (Å²) in [6, 6.07) is 10.7. The molecule has 3 rings (SSSR count). The molecule has 0 unspecified atom stereocenters. The molecule has 0 atom stereocenters. The summed E-state index contributed by atoms with van der Waals surface area (Å²) in [5.74, 6) is 1.83. The van der Waals surface area contributed by atoms with E-state index >= 15 is 0 Å². The van der Waals surface area contributed by atoms with Gasteiger partial charge in [-0.15, -0.1) is 11.3 Å². The molecule has 0 fully saturated rings. The molecule has 8 heteroatoms. The van der Waals surface area contributed by atoms with E-state index in [-0.39, 0.29) is 12.5 Å². The number of amides is 1. The van der Waals surface area contributed by atoms with E-state index < -0.39 is 0 Å². The highest BCUT2D eigenvalue weighted by Gasteiger charge is 2.16. The highest BCUT2D eigenvalue weighted by molar-refractivity contribution is 7.09. The van der Waals surface area contributed by atoms with E-state index in [9.17, 15) is 4.79 Å². The van der Waals surface area contributed by atoms with Gasteiger partial charge in [0.05, 0.1) is 37.6 Å². The van der Waals surface area contributed by atoms with Gasteiger partial charge in [-0.3, -0.25) is 4.79 Å². The van der Waals surface area contributed by atoms with Gasteiger partial charge in [-0.25, -0.2) is 4.98 Å². The van der Waals surface area contributed by atoms with Crippen LogP contribution in [0, 0.1) is 6.92 Å². The van der Waals surface area contributed by atoms with Crippen LogP contribution >= 0.6 is 11.3 Å². The third-order valence-corrected chi connectivity index (χ3v) is 5.17. The van der Waals surface area contributed by atoms with Crippen LogP contribution in [0.1, 0.15) is 26.6 Å². The Morgan fingerprint density at radius 3 is 2.33 bits per heavy atom. The molecular weight excluding hydrogens is 404 g/mol. The first-order valence-corrected chi connectivity index (χ1v) is 10.1. The average molecular weight is 429 g/mol. The average Bonchev–Trinajstić information content (AvgIpc) is 3.20. The molecule has 30 heavy (non-hydrogen) atoms. The Balaban J connectivity index is 1.71. The molecule has 158 valence electrons. The first-order valence-electron chi connectivity index (χ1n) is 9.25. The second kappa shape index (κ2) is 9.98. The lowest BCUT2D eigenvalue weighted by molar-refractivity contribution is 0.0946. The number of carbonyl (C=O) groups excluding carboxylic acids is 1. The van der Waals surface area contributed by atoms with Crippen LogP contribution in [0.3, 0.4) is 0 Å². The first kappa shape index (κ1) is 21.4. The van der Waals surface area contributed by atoms with Crippen LogP contribution in [0.25, 0.3) is 0 Å². The molecule has 0 spiro atoms. The lowest BCUT2D eigenvalue weighted by Crippen LogP contribution is -2.23. The predicted octanol–water partition coefficient (Wildman–Crippen LogP) is 3.99. The van der Waals surface area contributed by atoms with Crippen LogP contribution in [0.2, 0.25) is 0 Å². The van der Waals surface area contributed by atoms with E-state index in [2.05, 4.69) is 10.3 Å². The number of rotatable bonds is 9. The Hall–Kier alpha value is -3.26. The van der Waals surface area contributed by atoms with E-state index in [0.29, 0.717) is 35.2 Å². The Morgan fingerprint density at radius 2 is 1.73 bits per heavy atom. The lowest BCUT2D eigenvalue weighted by Gasteiger charge is -2.15. The minimum Gasteiger partial charge on any atom is -0.493 e. The molecule has 1 aromatic heterocycles. The summed E-state index contributed by atoms with van der Waals surface area (Å²) in [6.45, 7) is 2.54. The van der Waals surface area contributed by atoms with Gasteiger partial charge in [0.1, 0.15) is 12.4 Å². The van der Waals surface area contributed by atoms with Gasteiger partial charge in [-0.05, 0) is 36.8 Å². The molecule has 0 aliphatic heterocycles. The van der Waals surface area contributed by atoms with E-state index in [1.54, 1.807) is 63.0 Å². The fraction of sp³-hybridized carbons (Fsp3) is 0.273. The molecule has 0 radical (unpaired) electrons. The van der Waals surface area contributed by atoms with Crippen molar-refractivity contribution in [2.75, 3.05) is 21.3 Å². The Labute approximate surface area is 179 Å². The topological polar surface area (TPSA) is 78.9 Å². The molecule has 0 saturated heterocycles. The van der Waals surface area contributed by atoms with Gasteiger partial charge in [0.25, 0.3) is 5.91 Å². The summed E-state index contributed by atoms with van der Waals surface area (Å²) in [5, 5.41) is 5.84. The molecule has 7 nitrogen and oxygen atoms in total. The summed E-state index contributed by atoms with van der Waals surface area (Å²) in [7, 11) is 4.65. The second-order valence-electron chi connectivity index (χ2n) is 6.36. The van der Waals surface area contributed by atoms with Crippen LogP contribution < -0.4 is 24.3 Å². The lowest BCUT2D eigenvalue weighted by atomic mass is 10.1. The largest absolute Gasteiger partial charge is 0.493 e. The quantitative estimate of drug-likeness (QED) is 0.555. The third-order valence-electron chi connectivity index (χ3n) is 4.35. The van der Waals surface area contributed by atoms with Gasteiger partial charge in [0.2, 0.25) is 5.75 Å². The van der Waals surface area contributed by atoms with Crippen LogP contribution in [0.15, 0.2) is 41.8 Å². The van der Waals surface area contributed by atoms with Crippen LogP contribution in [0.4, 0.5) is 0 Å². The molecule has 0 saturated carbocycles. The molecule has 2 aromatic carbocycles. The van der Waals surface area contributed by atoms with E-state index in [1.807, 2.05) is 18.4 Å². The van der Waals surface area contributed by atoms with E-state index in [1.165, 1.54) is 0 Å². The van der Waals surface area contributed by atoms with Crippen molar-refractivity contribution < 1.29 is 23.7 Å². The zero-order valence-electron chi connectivity index (χ0n) is 17.4. The fourth-order valence-corrected chi connectivity index (χ4v) is 3.52. The third kappa shape index (κ3) is 5.01. The Morgan fingerprint density at radius 1 is 1.03 bits per heavy atom. The van der Waals surface area contributed by atoms with Gasteiger partial charge in [0, 0.05) is 11.9 Å². The summed E-state index contributed by atoms with van der Waals surface area (Å²) in [5.41, 5.74) is 2.11. The van der Waals surface area contributed by atoms with Gasteiger partial charge in [-0.2, -0.15) is 0 Å². The zero-order valence-corrected chi connectivity index (χ0v) is 18.2. The maximum absolute atomic E-state index is 12.8. The smallest absolute Gasteiger partial charge is 0.255 e. The summed E-state index contributed by atoms with van der Waals surface area (Å²) in [4.78, 5) is 17.2. The molecule has 1 amide bonds. The molecule has 0 bridgehead atoms. The molecule has 1 N–H and O–H groups in total. The zero-order chi connectivity index (χ0) is 21.5. The van der Waals surface area contributed by atoms with Crippen molar-refractivity contribution in [1.82, 2.24) is 10.3 Å². The maximum atomic E-state index is 12.8. The Bertz CT molecular complexity index is 993. The molecular formula is C22H24N2O5S. The minimum atomic E-state index is -0.242. The number of benzene rings is 2. The predicted molar refractivity (Wildman–Crippen MR) is 115 cm³/mol. The van der Waals surface area contributed by atoms with E-state index in [0.717, 1.165) is 16.3 Å². The minimum absolute atomic E-state index is 0.242. The number of aromatic nitrogens is 1. The van der Waals surface area contributed by atoms with Crippen molar-refractivity contribution >= 4 is 17.2 Å². The van der Waals surface area contributed by atoms with Gasteiger partial charge >= 0.3 is 0 Å². The van der Waals surface area contributed by atoms with Crippen LogP contribution in [0.5, 0.6) is 23.0 Å². The monoisotopic (exact) mass is 428 g/mol. The Kier molecular flexibility index (Phi) is 7.13. The van der Waals surface area contributed by atoms with Crippen molar-refractivity contribution in [3.63, 3.8) is 0 Å². The van der Waals surface area contributed by atoms with E-state index in [4.69, 9.17) is 18.9 Å². The fourth-order valence-electron chi connectivity index (χ4n) is 2.92. The van der Waals surface area contributed by atoms with Crippen molar-refractivity contribution in [2.24, 2.45) is 0 Å². The number of methoxy groups -OCH3 is 3. The molecule has 1 heterocycles. The summed E-state index contributed by atoms with van der Waals surface area (Å²) < 4.78 is 21.9. The van der Waals surface area contributed by atoms with Crippen LogP contribution in [-0.2, 0) is 13.2 Å². The molecule has 0 aliphatic rings. The van der Waals surface area contributed by atoms with Crippen molar-refractivity contribution in [3.8, 4) is 23.0 Å². The van der Waals surface area contributed by atoms with Crippen molar-refractivity contribution in [1.29, 1.82) is 0 Å². The summed E-state index contributed by atoms with van der Waals surface area (Å²) >= 11 is 1.56. The maximum Gasteiger partial charge on any atom is 0.255 e. The molecule has 0 aliphatic carbocycles. The molecule has 3 aromatic rings. The number of aryl methyl sites for hydroxylation is 1. The number of ether oxygens (including phenoxy) is 4. The number of nitrogens with zero attached hydrogens (tertiary/aromatic N) is 1. The van der Waals surface area contributed by atoms with Crippen LogP contribution in [-0.4, -0.2) is 32.2 Å². The standard InChI is InChI=1S/C22H24N2O5S/c1-14-24-16(13-30-14)12-29-18-8-6-5-7-17(18)22(25)23-11-15-9-19(26-2)21(28-4)20(10-15)27-3/h5-10,13H,11-12H2,1-4H3,(H,23,25). The number of thiazole rings is 1. The number of carbonyl (C=O) groups is 1. The number of hydrogen-bond acceptors (Lipinski definition) is 7. The number of hydrogen-bond donors (Lipinski definition) is 1. The summed E-state index contributed by atoms with van der Waals surface area (Å²) in [6.07, 6.45) is 0. The first-order chi connectivity index (χ1) is 14.5. The second-order valence-corrected chi connectivity index (χ2v) is 7.42. The highest BCUT2D eigenvalue weighted by Crippen LogP contribution is 2.38. The highest BCUT2D eigenvalue weighted by atomic mass is 32.1. The number of nitrogens with one attached hydrogen (secondary N) is 1. The normalized spacial score (nSPS) is 10.4. The SMILES string of the molecule is COc1cc(CNC(=O)c2ccccc2OCc2csc(C)n2)cc(OC)c1OC. The number of para-hydroxylation sites is 1. The van der Waals surface area contributed by atoms with Gasteiger partial charge in [-0.1, -0.05) is 12.1 Å². The van der Waals surface area contributed by atoms with Gasteiger partial charge < -0.3 is 24.3 Å².